The van der Waals surface area contributed by atoms with Crippen molar-refractivity contribution >= 4 is 11.7 Å². The smallest absolute Gasteiger partial charge is 0.223 e. The summed E-state index contributed by atoms with van der Waals surface area (Å²) < 4.78 is 0. The second-order valence-electron chi connectivity index (χ2n) is 7.34. The number of anilines is 1. The molecule has 6 heteroatoms. The van der Waals surface area contributed by atoms with E-state index in [1.807, 2.05) is 17.9 Å². The van der Waals surface area contributed by atoms with Gasteiger partial charge >= 0.3 is 0 Å². The van der Waals surface area contributed by atoms with Gasteiger partial charge in [-0.3, -0.25) is 4.79 Å². The van der Waals surface area contributed by atoms with Crippen LogP contribution >= 0.6 is 0 Å². The molecule has 2 aromatic rings. The molecule has 3 rings (SSSR count). The quantitative estimate of drug-likeness (QED) is 0.827. The van der Waals surface area contributed by atoms with Crippen LogP contribution in [0.4, 0.5) is 5.82 Å². The molecule has 6 nitrogen and oxygen atoms in total. The summed E-state index contributed by atoms with van der Waals surface area (Å²) in [5.41, 5.74) is 3.14. The fraction of sp³-hybridized carbons (Fsp3) is 0.500. The van der Waals surface area contributed by atoms with Gasteiger partial charge in [-0.25, -0.2) is 15.0 Å². The first-order valence-electron chi connectivity index (χ1n) is 9.26. The first-order chi connectivity index (χ1) is 12.5. The third-order valence-electron chi connectivity index (χ3n) is 4.58. The van der Waals surface area contributed by atoms with Gasteiger partial charge < -0.3 is 9.80 Å². The van der Waals surface area contributed by atoms with E-state index in [0.717, 1.165) is 42.3 Å². The first-order valence-corrected chi connectivity index (χ1v) is 9.26. The van der Waals surface area contributed by atoms with Crippen LogP contribution in [0.25, 0.3) is 0 Å². The molecule has 0 N–H and O–H groups in total. The van der Waals surface area contributed by atoms with Crippen molar-refractivity contribution in [1.29, 1.82) is 0 Å². The highest BCUT2D eigenvalue weighted by atomic mass is 16.2. The third-order valence-corrected chi connectivity index (χ3v) is 4.58. The Hall–Kier alpha value is -2.50. The maximum absolute atomic E-state index is 12.8. The molecule has 0 saturated carbocycles. The molecule has 0 atom stereocenters. The van der Waals surface area contributed by atoms with Crippen LogP contribution in [0.1, 0.15) is 37.1 Å². The lowest BCUT2D eigenvalue weighted by Crippen LogP contribution is -2.36. The Bertz CT molecular complexity index is 747. The maximum Gasteiger partial charge on any atom is 0.223 e. The largest absolute Gasteiger partial charge is 0.354 e. The summed E-state index contributed by atoms with van der Waals surface area (Å²) in [4.78, 5) is 29.9. The zero-order chi connectivity index (χ0) is 18.5. The minimum atomic E-state index is 0.173. The lowest BCUT2D eigenvalue weighted by molar-refractivity contribution is -0.131. The summed E-state index contributed by atoms with van der Waals surface area (Å²) in [6.07, 6.45) is 6.20. The number of carbonyl (C=O) groups excluding carboxylic acids is 1. The summed E-state index contributed by atoms with van der Waals surface area (Å²) in [5.74, 6) is 1.75. The zero-order valence-corrected chi connectivity index (χ0v) is 15.9. The number of fused-ring (bicyclic) bond motifs is 1. The Labute approximate surface area is 155 Å². The average Bonchev–Trinajstić information content (AvgIpc) is 2.80. The van der Waals surface area contributed by atoms with E-state index < -0.39 is 0 Å². The molecule has 0 bridgehead atoms. The number of carbonyl (C=O) groups is 1. The average molecular weight is 353 g/mol. The number of amides is 1. The minimum absolute atomic E-state index is 0.173. The second-order valence-corrected chi connectivity index (χ2v) is 7.34. The maximum atomic E-state index is 12.8. The molecule has 0 fully saturated rings. The summed E-state index contributed by atoms with van der Waals surface area (Å²) in [6, 6.07) is 4.14. The molecule has 3 heterocycles. The lowest BCUT2D eigenvalue weighted by Gasteiger charge is -2.25. The third kappa shape index (κ3) is 4.56. The highest BCUT2D eigenvalue weighted by Gasteiger charge is 2.24. The fourth-order valence-corrected chi connectivity index (χ4v) is 3.30. The van der Waals surface area contributed by atoms with Crippen LogP contribution in [0.15, 0.2) is 30.9 Å². The van der Waals surface area contributed by atoms with Crippen molar-refractivity contribution in [3.63, 3.8) is 0 Å². The van der Waals surface area contributed by atoms with Crippen LogP contribution in [0.3, 0.4) is 0 Å². The fourth-order valence-electron chi connectivity index (χ4n) is 3.30. The molecule has 0 aliphatic carbocycles. The van der Waals surface area contributed by atoms with Gasteiger partial charge in [-0.1, -0.05) is 19.9 Å². The summed E-state index contributed by atoms with van der Waals surface area (Å²) in [5, 5.41) is 0. The number of hydrogen-bond donors (Lipinski definition) is 0. The zero-order valence-electron chi connectivity index (χ0n) is 15.9. The Kier molecular flexibility index (Phi) is 5.81. The van der Waals surface area contributed by atoms with Gasteiger partial charge in [0.05, 0.1) is 0 Å². The van der Waals surface area contributed by atoms with Gasteiger partial charge in [-0.2, -0.15) is 0 Å². The van der Waals surface area contributed by atoms with Gasteiger partial charge in [-0.05, 0) is 30.9 Å². The Morgan fingerprint density at radius 1 is 1.19 bits per heavy atom. The van der Waals surface area contributed by atoms with Crippen molar-refractivity contribution in [2.45, 2.75) is 40.2 Å². The Morgan fingerprint density at radius 2 is 1.96 bits per heavy atom. The Balaban J connectivity index is 1.72. The number of aryl methyl sites for hydroxylation is 2. The molecule has 0 unspecified atom stereocenters. The van der Waals surface area contributed by atoms with Gasteiger partial charge in [-0.15, -0.1) is 0 Å². The number of rotatable bonds is 5. The molecule has 1 aliphatic heterocycles. The molecule has 1 amide bonds. The molecule has 138 valence electrons. The Morgan fingerprint density at radius 3 is 2.69 bits per heavy atom. The molecule has 1 aliphatic rings. The molecular weight excluding hydrogens is 326 g/mol. The van der Waals surface area contributed by atoms with Crippen LogP contribution in [0.2, 0.25) is 0 Å². The van der Waals surface area contributed by atoms with E-state index in [-0.39, 0.29) is 5.91 Å². The number of nitrogens with zero attached hydrogens (tertiary/aromatic N) is 5. The van der Waals surface area contributed by atoms with E-state index in [9.17, 15) is 4.79 Å². The number of pyridine rings is 1. The molecular formula is C20H27N5O. The lowest BCUT2D eigenvalue weighted by atomic mass is 10.1. The van der Waals surface area contributed by atoms with Crippen LogP contribution in [-0.4, -0.2) is 45.4 Å². The predicted molar refractivity (Wildman–Crippen MR) is 102 cm³/mol. The molecule has 0 spiro atoms. The van der Waals surface area contributed by atoms with E-state index in [2.05, 4.69) is 34.8 Å². The van der Waals surface area contributed by atoms with Gasteiger partial charge in [0.2, 0.25) is 5.91 Å². The van der Waals surface area contributed by atoms with Gasteiger partial charge in [0.25, 0.3) is 0 Å². The number of hydrogen-bond acceptors (Lipinski definition) is 5. The molecule has 0 aromatic carbocycles. The number of aromatic nitrogens is 3. The van der Waals surface area contributed by atoms with Crippen molar-refractivity contribution < 1.29 is 4.79 Å². The highest BCUT2D eigenvalue weighted by molar-refractivity contribution is 5.77. The van der Waals surface area contributed by atoms with Crippen molar-refractivity contribution in [2.75, 3.05) is 24.5 Å². The van der Waals surface area contributed by atoms with Crippen molar-refractivity contribution in [3.8, 4) is 0 Å². The van der Waals surface area contributed by atoms with E-state index >= 15 is 0 Å². The summed E-state index contributed by atoms with van der Waals surface area (Å²) >= 11 is 0. The summed E-state index contributed by atoms with van der Waals surface area (Å²) in [6.45, 7) is 9.57. The molecule has 2 aromatic heterocycles. The first kappa shape index (κ1) is 18.3. The van der Waals surface area contributed by atoms with E-state index in [0.29, 0.717) is 25.3 Å². The van der Waals surface area contributed by atoms with Crippen LogP contribution in [-0.2, 0) is 17.8 Å². The van der Waals surface area contributed by atoms with Gasteiger partial charge in [0, 0.05) is 56.3 Å². The highest BCUT2D eigenvalue weighted by Crippen LogP contribution is 2.25. The second kappa shape index (κ2) is 8.25. The monoisotopic (exact) mass is 353 g/mol. The molecule has 0 saturated heterocycles. The van der Waals surface area contributed by atoms with Crippen LogP contribution in [0.5, 0.6) is 0 Å². The predicted octanol–water partition coefficient (Wildman–Crippen LogP) is 2.62. The summed E-state index contributed by atoms with van der Waals surface area (Å²) in [7, 11) is 0. The normalized spacial score (nSPS) is 14.3. The van der Waals surface area contributed by atoms with Gasteiger partial charge in [0.1, 0.15) is 12.1 Å². The van der Waals surface area contributed by atoms with Crippen molar-refractivity contribution in [2.24, 2.45) is 5.92 Å². The van der Waals surface area contributed by atoms with Gasteiger partial charge in [0.15, 0.2) is 0 Å². The SMILES string of the molecule is Cc1ccc2c(n1)N(CC(C)C)CCN(C(=O)CCc1cncnc1)C2. The molecule has 26 heavy (non-hydrogen) atoms. The van der Waals surface area contributed by atoms with Crippen molar-refractivity contribution in [3.05, 3.63) is 47.7 Å². The van der Waals surface area contributed by atoms with Crippen LogP contribution in [0, 0.1) is 12.8 Å². The molecule has 0 radical (unpaired) electrons. The minimum Gasteiger partial charge on any atom is -0.354 e. The standard InChI is InChI=1S/C20H27N5O/c1-15(2)12-25-9-8-24(13-18-6-4-16(3)23-20(18)25)19(26)7-5-17-10-21-14-22-11-17/h4,6,10-11,14-15H,5,7-9,12-13H2,1-3H3. The van der Waals surface area contributed by atoms with E-state index in [1.54, 1.807) is 12.4 Å². The van der Waals surface area contributed by atoms with Crippen LogP contribution < -0.4 is 4.90 Å². The topological polar surface area (TPSA) is 62.2 Å². The van der Waals surface area contributed by atoms with Crippen molar-refractivity contribution in [1.82, 2.24) is 19.9 Å². The van der Waals surface area contributed by atoms with E-state index in [1.165, 1.54) is 6.33 Å². The van der Waals surface area contributed by atoms with E-state index in [4.69, 9.17) is 4.98 Å².